The number of ether oxygens (including phenoxy) is 1. The summed E-state index contributed by atoms with van der Waals surface area (Å²) in [5, 5.41) is 0. The van der Waals surface area contributed by atoms with Crippen molar-refractivity contribution in [1.82, 2.24) is 4.57 Å². The number of aryl methyl sites for hydroxylation is 2. The molecule has 0 bridgehead atoms. The van der Waals surface area contributed by atoms with Crippen molar-refractivity contribution in [3.8, 4) is 0 Å². The zero-order valence-electron chi connectivity index (χ0n) is 11.6. The molecule has 2 rings (SSSR count). The topological polar surface area (TPSA) is 31.2 Å². The Morgan fingerprint density at radius 2 is 1.68 bits per heavy atom. The molecule has 0 fully saturated rings. The van der Waals surface area contributed by atoms with Gasteiger partial charge in [0.15, 0.2) is 0 Å². The van der Waals surface area contributed by atoms with Crippen molar-refractivity contribution in [3.05, 3.63) is 59.4 Å². The number of esters is 1. The third-order valence-corrected chi connectivity index (χ3v) is 3.38. The lowest BCUT2D eigenvalue weighted by Gasteiger charge is -2.20. The monoisotopic (exact) mass is 257 g/mol. The van der Waals surface area contributed by atoms with Gasteiger partial charge in [0.1, 0.15) is 6.04 Å². The first-order valence-corrected chi connectivity index (χ1v) is 6.39. The molecular formula is C16H19NO2. The van der Waals surface area contributed by atoms with Crippen LogP contribution in [-0.4, -0.2) is 17.6 Å². The molecule has 2 aromatic rings. The van der Waals surface area contributed by atoms with E-state index in [0.717, 1.165) is 17.0 Å². The predicted molar refractivity (Wildman–Crippen MR) is 75.1 cm³/mol. The highest BCUT2D eigenvalue weighted by molar-refractivity contribution is 5.74. The lowest BCUT2D eigenvalue weighted by atomic mass is 10.1. The predicted octanol–water partition coefficient (Wildman–Crippen LogP) is 3.06. The molecule has 0 N–H and O–H groups in total. The fourth-order valence-electron chi connectivity index (χ4n) is 2.43. The molecular weight excluding hydrogens is 238 g/mol. The molecule has 0 aliphatic heterocycles. The van der Waals surface area contributed by atoms with E-state index < -0.39 is 0 Å². The lowest BCUT2D eigenvalue weighted by Crippen LogP contribution is -2.24. The van der Waals surface area contributed by atoms with Crippen LogP contribution in [0.4, 0.5) is 0 Å². The van der Waals surface area contributed by atoms with E-state index in [1.54, 1.807) is 0 Å². The van der Waals surface area contributed by atoms with Gasteiger partial charge in [-0.25, -0.2) is 4.79 Å². The molecule has 0 saturated heterocycles. The molecule has 3 nitrogen and oxygen atoms in total. The third-order valence-electron chi connectivity index (χ3n) is 3.38. The van der Waals surface area contributed by atoms with Crippen LogP contribution in [0, 0.1) is 13.8 Å². The molecule has 100 valence electrons. The summed E-state index contributed by atoms with van der Waals surface area (Å²) in [6, 6.07) is 13.8. The summed E-state index contributed by atoms with van der Waals surface area (Å²) in [6.07, 6.45) is 0.643. The second kappa shape index (κ2) is 5.74. The molecule has 0 amide bonds. The number of nitrogens with zero attached hydrogens (tertiary/aromatic N) is 1. The van der Waals surface area contributed by atoms with Crippen molar-refractivity contribution in [3.63, 3.8) is 0 Å². The van der Waals surface area contributed by atoms with E-state index in [-0.39, 0.29) is 12.0 Å². The second-order valence-electron chi connectivity index (χ2n) is 4.71. The van der Waals surface area contributed by atoms with Gasteiger partial charge in [0, 0.05) is 17.8 Å². The summed E-state index contributed by atoms with van der Waals surface area (Å²) in [7, 11) is 1.44. The standard InChI is InChI=1S/C16H19NO2/c1-12-9-10-13(2)17(12)15(16(18)19-3)11-14-7-5-4-6-8-14/h4-10,15H,11H2,1-3H3/t15-/m0/s1. The Morgan fingerprint density at radius 1 is 1.11 bits per heavy atom. The Kier molecular flexibility index (Phi) is 4.05. The molecule has 0 unspecified atom stereocenters. The first kappa shape index (κ1) is 13.4. The molecule has 1 atom stereocenters. The highest BCUT2D eigenvalue weighted by Gasteiger charge is 2.23. The Labute approximate surface area is 113 Å². The maximum atomic E-state index is 12.1. The van der Waals surface area contributed by atoms with Crippen molar-refractivity contribution in [2.24, 2.45) is 0 Å². The van der Waals surface area contributed by atoms with Gasteiger partial charge in [-0.05, 0) is 31.5 Å². The SMILES string of the molecule is COC(=O)[C@H](Cc1ccccc1)n1c(C)ccc1C. The summed E-state index contributed by atoms with van der Waals surface area (Å²) in [5.74, 6) is -0.203. The Hall–Kier alpha value is -2.03. The first-order chi connectivity index (χ1) is 9.13. The average Bonchev–Trinajstić information content (AvgIpc) is 2.76. The number of carbonyl (C=O) groups is 1. The first-order valence-electron chi connectivity index (χ1n) is 6.39. The van der Waals surface area contributed by atoms with Gasteiger partial charge >= 0.3 is 5.97 Å². The molecule has 0 saturated carbocycles. The smallest absolute Gasteiger partial charge is 0.329 e. The van der Waals surface area contributed by atoms with Crippen molar-refractivity contribution in [2.45, 2.75) is 26.3 Å². The zero-order valence-corrected chi connectivity index (χ0v) is 11.6. The summed E-state index contributed by atoms with van der Waals surface area (Å²) in [6.45, 7) is 4.02. The van der Waals surface area contributed by atoms with Crippen LogP contribution in [0.3, 0.4) is 0 Å². The van der Waals surface area contributed by atoms with Crippen LogP contribution in [-0.2, 0) is 16.0 Å². The number of hydrogen-bond donors (Lipinski definition) is 0. The minimum Gasteiger partial charge on any atom is -0.467 e. The molecule has 0 radical (unpaired) electrons. The number of rotatable bonds is 4. The minimum atomic E-state index is -0.303. The third kappa shape index (κ3) is 2.87. The van der Waals surface area contributed by atoms with Gasteiger partial charge < -0.3 is 9.30 Å². The Morgan fingerprint density at radius 3 is 2.21 bits per heavy atom. The maximum Gasteiger partial charge on any atom is 0.329 e. The van der Waals surface area contributed by atoms with Crippen LogP contribution in [0.15, 0.2) is 42.5 Å². The van der Waals surface area contributed by atoms with Crippen molar-refractivity contribution in [1.29, 1.82) is 0 Å². The molecule has 0 aliphatic carbocycles. The van der Waals surface area contributed by atoms with Crippen molar-refractivity contribution in [2.75, 3.05) is 7.11 Å². The van der Waals surface area contributed by atoms with E-state index in [1.165, 1.54) is 7.11 Å². The van der Waals surface area contributed by atoms with E-state index in [0.29, 0.717) is 6.42 Å². The van der Waals surface area contributed by atoms with Gasteiger partial charge in [0.25, 0.3) is 0 Å². The zero-order chi connectivity index (χ0) is 13.8. The summed E-state index contributed by atoms with van der Waals surface area (Å²) >= 11 is 0. The summed E-state index contributed by atoms with van der Waals surface area (Å²) < 4.78 is 7.00. The second-order valence-corrected chi connectivity index (χ2v) is 4.71. The molecule has 1 aromatic heterocycles. The van der Waals surface area contributed by atoms with Gasteiger partial charge in [0.05, 0.1) is 7.11 Å². The number of carbonyl (C=O) groups excluding carboxylic acids is 1. The largest absolute Gasteiger partial charge is 0.467 e. The molecule has 1 heterocycles. The lowest BCUT2D eigenvalue weighted by molar-refractivity contribution is -0.144. The molecule has 0 spiro atoms. The van der Waals surface area contributed by atoms with Crippen LogP contribution in [0.25, 0.3) is 0 Å². The van der Waals surface area contributed by atoms with E-state index in [2.05, 4.69) is 0 Å². The summed E-state index contributed by atoms with van der Waals surface area (Å²) in [4.78, 5) is 12.1. The van der Waals surface area contributed by atoms with Crippen molar-refractivity contribution >= 4 is 5.97 Å². The van der Waals surface area contributed by atoms with Crippen LogP contribution in [0.2, 0.25) is 0 Å². The normalized spacial score (nSPS) is 12.2. The highest BCUT2D eigenvalue weighted by Crippen LogP contribution is 2.21. The Bertz CT molecular complexity index is 538. The van der Waals surface area contributed by atoms with Gasteiger partial charge in [0.2, 0.25) is 0 Å². The fourth-order valence-corrected chi connectivity index (χ4v) is 2.43. The van der Waals surface area contributed by atoms with Crippen LogP contribution in [0.1, 0.15) is 23.0 Å². The quantitative estimate of drug-likeness (QED) is 0.788. The minimum absolute atomic E-state index is 0.203. The van der Waals surface area contributed by atoms with Crippen LogP contribution < -0.4 is 0 Å². The Balaban J connectivity index is 2.35. The average molecular weight is 257 g/mol. The van der Waals surface area contributed by atoms with E-state index in [1.807, 2.05) is 60.9 Å². The maximum absolute atomic E-state index is 12.1. The number of benzene rings is 1. The molecule has 3 heteroatoms. The van der Waals surface area contributed by atoms with E-state index >= 15 is 0 Å². The van der Waals surface area contributed by atoms with Crippen LogP contribution >= 0.6 is 0 Å². The molecule has 1 aromatic carbocycles. The highest BCUT2D eigenvalue weighted by atomic mass is 16.5. The van der Waals surface area contributed by atoms with Crippen molar-refractivity contribution < 1.29 is 9.53 Å². The van der Waals surface area contributed by atoms with Gasteiger partial charge in [-0.1, -0.05) is 30.3 Å². The van der Waals surface area contributed by atoms with Gasteiger partial charge in [-0.15, -0.1) is 0 Å². The van der Waals surface area contributed by atoms with Gasteiger partial charge in [-0.2, -0.15) is 0 Å². The number of methoxy groups -OCH3 is 1. The van der Waals surface area contributed by atoms with Crippen LogP contribution in [0.5, 0.6) is 0 Å². The van der Waals surface area contributed by atoms with E-state index in [9.17, 15) is 4.79 Å². The number of aromatic nitrogens is 1. The number of hydrogen-bond acceptors (Lipinski definition) is 2. The summed E-state index contributed by atoms with van der Waals surface area (Å²) in [5.41, 5.74) is 3.28. The van der Waals surface area contributed by atoms with Gasteiger partial charge in [-0.3, -0.25) is 0 Å². The molecule has 0 aliphatic rings. The fraction of sp³-hybridized carbons (Fsp3) is 0.312. The molecule has 19 heavy (non-hydrogen) atoms. The van der Waals surface area contributed by atoms with E-state index in [4.69, 9.17) is 4.74 Å².